The lowest BCUT2D eigenvalue weighted by Crippen LogP contribution is -2.22. The Balaban J connectivity index is 3.18. The van der Waals surface area contributed by atoms with Crippen LogP contribution in [0.2, 0.25) is 0 Å². The van der Waals surface area contributed by atoms with E-state index in [9.17, 15) is 9.59 Å². The molecule has 4 nitrogen and oxygen atoms in total. The summed E-state index contributed by atoms with van der Waals surface area (Å²) in [5.41, 5.74) is 1.21. The average Bonchev–Trinajstić information content (AvgIpc) is 2.57. The molecule has 0 spiro atoms. The summed E-state index contributed by atoms with van der Waals surface area (Å²) >= 11 is 3.57. The Hall–Kier alpha value is -1.36. The maximum absolute atomic E-state index is 12.8. The zero-order valence-electron chi connectivity index (χ0n) is 19.3. The van der Waals surface area contributed by atoms with Gasteiger partial charge in [0.1, 0.15) is 0 Å². The molecule has 0 N–H and O–H groups in total. The number of carbonyl (C=O) groups excluding carboxylic acids is 2. The van der Waals surface area contributed by atoms with Gasteiger partial charge in [0.2, 0.25) is 0 Å². The standard InChI is InChI=1S/C24H37BrO4/c1-16(2)10-9-11-17-12-18(21(26)28-14-23(3,4)5)19(13-20(17)25)22(27)29-15-24(6,7)8/h12-13,16H,9-11,14-15H2,1-8H3. The molecule has 0 aromatic heterocycles. The first kappa shape index (κ1) is 25.7. The number of hydrogen-bond donors (Lipinski definition) is 0. The van der Waals surface area contributed by atoms with Crippen molar-refractivity contribution in [3.63, 3.8) is 0 Å². The first-order valence-corrected chi connectivity index (χ1v) is 11.2. The molecule has 1 aromatic carbocycles. The first-order valence-electron chi connectivity index (χ1n) is 10.4. The molecule has 0 saturated carbocycles. The van der Waals surface area contributed by atoms with Crippen LogP contribution in [0, 0.1) is 16.7 Å². The summed E-state index contributed by atoms with van der Waals surface area (Å²) in [5.74, 6) is -0.367. The molecule has 1 rings (SSSR count). The summed E-state index contributed by atoms with van der Waals surface area (Å²) in [4.78, 5) is 25.6. The third-order valence-corrected chi connectivity index (χ3v) is 4.86. The Morgan fingerprint density at radius 3 is 1.76 bits per heavy atom. The van der Waals surface area contributed by atoms with E-state index in [0.717, 1.165) is 29.3 Å². The van der Waals surface area contributed by atoms with Crippen molar-refractivity contribution >= 4 is 27.9 Å². The van der Waals surface area contributed by atoms with Crippen molar-refractivity contribution in [3.8, 4) is 0 Å². The zero-order chi connectivity index (χ0) is 22.4. The van der Waals surface area contributed by atoms with Crippen LogP contribution < -0.4 is 0 Å². The van der Waals surface area contributed by atoms with E-state index in [-0.39, 0.29) is 35.2 Å². The molecule has 0 fully saturated rings. The van der Waals surface area contributed by atoms with Crippen LogP contribution in [0.25, 0.3) is 0 Å². The summed E-state index contributed by atoms with van der Waals surface area (Å²) in [5, 5.41) is 0. The summed E-state index contributed by atoms with van der Waals surface area (Å²) in [6.45, 7) is 16.9. The molecule has 0 aliphatic carbocycles. The van der Waals surface area contributed by atoms with Crippen molar-refractivity contribution in [2.24, 2.45) is 16.7 Å². The molecule has 5 heteroatoms. The van der Waals surface area contributed by atoms with Gasteiger partial charge in [-0.2, -0.15) is 0 Å². The van der Waals surface area contributed by atoms with Crippen molar-refractivity contribution in [1.82, 2.24) is 0 Å². The Kier molecular flexibility index (Phi) is 9.39. The number of benzene rings is 1. The molecule has 164 valence electrons. The molecular weight excluding hydrogens is 432 g/mol. The van der Waals surface area contributed by atoms with E-state index in [2.05, 4.69) is 29.8 Å². The highest BCUT2D eigenvalue weighted by molar-refractivity contribution is 9.10. The molecular formula is C24H37BrO4. The number of halogens is 1. The molecule has 0 aliphatic rings. The molecule has 0 saturated heterocycles. The zero-order valence-corrected chi connectivity index (χ0v) is 20.9. The largest absolute Gasteiger partial charge is 0.462 e. The summed E-state index contributed by atoms with van der Waals surface area (Å²) < 4.78 is 11.8. The lowest BCUT2D eigenvalue weighted by molar-refractivity contribution is 0.0322. The quantitative estimate of drug-likeness (QED) is 0.392. The Labute approximate surface area is 184 Å². The molecule has 0 radical (unpaired) electrons. The highest BCUT2D eigenvalue weighted by Crippen LogP contribution is 2.27. The van der Waals surface area contributed by atoms with Crippen LogP contribution in [0.4, 0.5) is 0 Å². The van der Waals surface area contributed by atoms with Crippen molar-refractivity contribution in [3.05, 3.63) is 33.3 Å². The van der Waals surface area contributed by atoms with Gasteiger partial charge in [-0.05, 0) is 47.3 Å². The molecule has 0 amide bonds. The fourth-order valence-electron chi connectivity index (χ4n) is 2.57. The van der Waals surface area contributed by atoms with Crippen molar-refractivity contribution < 1.29 is 19.1 Å². The SMILES string of the molecule is CC(C)CCCc1cc(C(=O)OCC(C)(C)C)c(C(=O)OCC(C)(C)C)cc1Br. The smallest absolute Gasteiger partial charge is 0.339 e. The molecule has 0 unspecified atom stereocenters. The molecule has 0 heterocycles. The topological polar surface area (TPSA) is 52.6 Å². The summed E-state index contributed by atoms with van der Waals surface area (Å²) in [7, 11) is 0. The normalized spacial score (nSPS) is 12.2. The Morgan fingerprint density at radius 2 is 1.34 bits per heavy atom. The van der Waals surface area contributed by atoms with E-state index >= 15 is 0 Å². The summed E-state index contributed by atoms with van der Waals surface area (Å²) in [6.07, 6.45) is 2.95. The average molecular weight is 469 g/mol. The third kappa shape index (κ3) is 9.79. The second kappa shape index (κ2) is 10.6. The van der Waals surface area contributed by atoms with Gasteiger partial charge in [-0.25, -0.2) is 9.59 Å². The van der Waals surface area contributed by atoms with E-state index in [1.807, 2.05) is 41.5 Å². The van der Waals surface area contributed by atoms with Gasteiger partial charge < -0.3 is 9.47 Å². The minimum atomic E-state index is -0.503. The van der Waals surface area contributed by atoms with Gasteiger partial charge >= 0.3 is 11.9 Å². The number of ether oxygens (including phenoxy) is 2. The van der Waals surface area contributed by atoms with Crippen molar-refractivity contribution in [1.29, 1.82) is 0 Å². The highest BCUT2D eigenvalue weighted by Gasteiger charge is 2.25. The Morgan fingerprint density at radius 1 is 0.897 bits per heavy atom. The van der Waals surface area contributed by atoms with Gasteiger partial charge in [-0.15, -0.1) is 0 Å². The molecule has 1 aromatic rings. The Bertz CT molecular complexity index is 709. The highest BCUT2D eigenvalue weighted by atomic mass is 79.9. The van der Waals surface area contributed by atoms with Crippen molar-refractivity contribution in [2.75, 3.05) is 13.2 Å². The van der Waals surface area contributed by atoms with E-state index < -0.39 is 11.9 Å². The maximum Gasteiger partial charge on any atom is 0.339 e. The summed E-state index contributed by atoms with van der Waals surface area (Å²) in [6, 6.07) is 3.48. The third-order valence-electron chi connectivity index (χ3n) is 4.13. The predicted molar refractivity (Wildman–Crippen MR) is 121 cm³/mol. The lowest BCUT2D eigenvalue weighted by Gasteiger charge is -2.20. The van der Waals surface area contributed by atoms with E-state index in [4.69, 9.17) is 9.47 Å². The van der Waals surface area contributed by atoms with E-state index in [1.165, 1.54) is 0 Å². The maximum atomic E-state index is 12.8. The van der Waals surface area contributed by atoms with Crippen LogP contribution in [0.5, 0.6) is 0 Å². The number of rotatable bonds is 8. The van der Waals surface area contributed by atoms with Crippen LogP contribution in [0.15, 0.2) is 16.6 Å². The number of hydrogen-bond acceptors (Lipinski definition) is 4. The fraction of sp³-hybridized carbons (Fsp3) is 0.667. The van der Waals surface area contributed by atoms with Gasteiger partial charge in [0.15, 0.2) is 0 Å². The van der Waals surface area contributed by atoms with Crippen LogP contribution in [0.1, 0.15) is 94.5 Å². The fourth-order valence-corrected chi connectivity index (χ4v) is 3.11. The van der Waals surface area contributed by atoms with Gasteiger partial charge in [0.05, 0.1) is 24.3 Å². The minimum Gasteiger partial charge on any atom is -0.462 e. The number of carbonyl (C=O) groups is 2. The number of esters is 2. The predicted octanol–water partition coefficient (Wildman–Crippen LogP) is 6.83. The molecule has 0 bridgehead atoms. The second-order valence-corrected chi connectivity index (χ2v) is 11.4. The molecule has 0 atom stereocenters. The molecule has 0 aliphatic heterocycles. The van der Waals surface area contributed by atoms with E-state index in [1.54, 1.807) is 12.1 Å². The number of aryl methyl sites for hydroxylation is 1. The van der Waals surface area contributed by atoms with E-state index in [0.29, 0.717) is 5.92 Å². The van der Waals surface area contributed by atoms with Crippen LogP contribution in [-0.4, -0.2) is 25.2 Å². The molecule has 29 heavy (non-hydrogen) atoms. The van der Waals surface area contributed by atoms with Gasteiger partial charge in [0, 0.05) is 4.47 Å². The monoisotopic (exact) mass is 468 g/mol. The minimum absolute atomic E-state index is 0.155. The van der Waals surface area contributed by atoms with Gasteiger partial charge in [0.25, 0.3) is 0 Å². The van der Waals surface area contributed by atoms with Gasteiger partial charge in [-0.3, -0.25) is 0 Å². The van der Waals surface area contributed by atoms with Gasteiger partial charge in [-0.1, -0.05) is 77.7 Å². The van der Waals surface area contributed by atoms with Crippen LogP contribution in [-0.2, 0) is 15.9 Å². The van der Waals surface area contributed by atoms with Crippen LogP contribution in [0.3, 0.4) is 0 Å². The first-order chi connectivity index (χ1) is 13.2. The van der Waals surface area contributed by atoms with Crippen molar-refractivity contribution in [2.45, 2.75) is 74.7 Å². The van der Waals surface area contributed by atoms with Crippen LogP contribution >= 0.6 is 15.9 Å². The second-order valence-electron chi connectivity index (χ2n) is 10.5. The lowest BCUT2D eigenvalue weighted by atomic mass is 9.97.